The van der Waals surface area contributed by atoms with Crippen molar-refractivity contribution >= 4 is 17.3 Å². The molecule has 8 nitrogen and oxygen atoms in total. The summed E-state index contributed by atoms with van der Waals surface area (Å²) in [6.07, 6.45) is 3.23. The molecule has 29 heavy (non-hydrogen) atoms. The standard InChI is InChI=1S/C19H20ClFN6O2/c1-10-17(11(2)26(3)25-10)13-6-16(22-7-14(13)21)29-12-4-5-27(9-12)15-8-23-24-19(28)18(15)20/h6-8,12H,4-5,9H2,1-3H3,(H,24,28)/t12-/m1/s1. The zero-order valence-corrected chi connectivity index (χ0v) is 17.0. The summed E-state index contributed by atoms with van der Waals surface area (Å²) in [5.41, 5.74) is 2.89. The van der Waals surface area contributed by atoms with Crippen LogP contribution >= 0.6 is 11.6 Å². The molecule has 0 amide bonds. The Hall–Kier alpha value is -2.94. The van der Waals surface area contributed by atoms with Gasteiger partial charge in [0, 0.05) is 42.9 Å². The van der Waals surface area contributed by atoms with Crippen molar-refractivity contribution in [3.8, 4) is 17.0 Å². The number of aryl methyl sites for hydroxylation is 2. The normalized spacial score (nSPS) is 16.4. The Morgan fingerprint density at radius 3 is 2.86 bits per heavy atom. The van der Waals surface area contributed by atoms with Gasteiger partial charge in [0.1, 0.15) is 16.9 Å². The molecule has 4 heterocycles. The van der Waals surface area contributed by atoms with E-state index in [1.807, 2.05) is 25.8 Å². The van der Waals surface area contributed by atoms with Gasteiger partial charge in [-0.3, -0.25) is 9.48 Å². The molecule has 152 valence electrons. The van der Waals surface area contributed by atoms with E-state index in [2.05, 4.69) is 20.3 Å². The Balaban J connectivity index is 1.55. The number of nitrogens with zero attached hydrogens (tertiary/aromatic N) is 5. The quantitative estimate of drug-likeness (QED) is 0.700. The first-order valence-corrected chi connectivity index (χ1v) is 9.54. The fourth-order valence-corrected chi connectivity index (χ4v) is 3.86. The van der Waals surface area contributed by atoms with Gasteiger partial charge in [-0.25, -0.2) is 14.5 Å². The van der Waals surface area contributed by atoms with Crippen LogP contribution in [0.5, 0.6) is 5.88 Å². The topological polar surface area (TPSA) is 88.9 Å². The summed E-state index contributed by atoms with van der Waals surface area (Å²) in [7, 11) is 1.82. The van der Waals surface area contributed by atoms with Gasteiger partial charge in [0.25, 0.3) is 5.56 Å². The maximum atomic E-state index is 14.5. The molecule has 0 unspecified atom stereocenters. The molecule has 0 spiro atoms. The second kappa shape index (κ2) is 7.47. The molecule has 1 fully saturated rings. The summed E-state index contributed by atoms with van der Waals surface area (Å²) in [6.45, 7) is 4.91. The van der Waals surface area contributed by atoms with Gasteiger partial charge in [-0.05, 0) is 13.8 Å². The number of rotatable bonds is 4. The van der Waals surface area contributed by atoms with Gasteiger partial charge in [0.15, 0.2) is 0 Å². The van der Waals surface area contributed by atoms with E-state index in [0.29, 0.717) is 36.6 Å². The van der Waals surface area contributed by atoms with Crippen LogP contribution in [-0.4, -0.2) is 44.2 Å². The van der Waals surface area contributed by atoms with Crippen LogP contribution < -0.4 is 15.2 Å². The average Bonchev–Trinajstić information content (AvgIpc) is 3.24. The smallest absolute Gasteiger partial charge is 0.285 e. The van der Waals surface area contributed by atoms with Gasteiger partial charge in [-0.15, -0.1) is 0 Å². The van der Waals surface area contributed by atoms with Gasteiger partial charge in [0.2, 0.25) is 5.88 Å². The molecule has 3 aromatic rings. The van der Waals surface area contributed by atoms with E-state index in [9.17, 15) is 9.18 Å². The Bertz CT molecular complexity index is 1130. The summed E-state index contributed by atoms with van der Waals surface area (Å²) in [6, 6.07) is 1.61. The highest BCUT2D eigenvalue weighted by Gasteiger charge is 2.27. The Morgan fingerprint density at radius 1 is 1.34 bits per heavy atom. The fourth-order valence-electron chi connectivity index (χ4n) is 3.65. The van der Waals surface area contributed by atoms with E-state index in [0.717, 1.165) is 17.0 Å². The number of aromatic nitrogens is 5. The van der Waals surface area contributed by atoms with Crippen LogP contribution in [0.25, 0.3) is 11.1 Å². The predicted octanol–water partition coefficient (Wildman–Crippen LogP) is 2.63. The number of ether oxygens (including phenoxy) is 1. The third kappa shape index (κ3) is 3.57. The number of H-pyrrole nitrogens is 1. The molecule has 1 atom stereocenters. The molecule has 0 saturated carbocycles. The second-order valence-electron chi connectivity index (χ2n) is 7.04. The summed E-state index contributed by atoms with van der Waals surface area (Å²) in [4.78, 5) is 17.7. The molecule has 0 radical (unpaired) electrons. The van der Waals surface area contributed by atoms with E-state index in [4.69, 9.17) is 16.3 Å². The molecule has 1 aliphatic heterocycles. The predicted molar refractivity (Wildman–Crippen MR) is 107 cm³/mol. The third-order valence-corrected chi connectivity index (χ3v) is 5.52. The van der Waals surface area contributed by atoms with Crippen LogP contribution in [0.2, 0.25) is 5.02 Å². The highest BCUT2D eigenvalue weighted by molar-refractivity contribution is 6.33. The van der Waals surface area contributed by atoms with Gasteiger partial charge < -0.3 is 9.64 Å². The maximum absolute atomic E-state index is 14.5. The highest BCUT2D eigenvalue weighted by atomic mass is 35.5. The highest BCUT2D eigenvalue weighted by Crippen LogP contribution is 2.32. The van der Waals surface area contributed by atoms with Crippen LogP contribution in [-0.2, 0) is 7.05 Å². The Morgan fingerprint density at radius 2 is 2.14 bits per heavy atom. The first-order chi connectivity index (χ1) is 13.8. The molecular weight excluding hydrogens is 399 g/mol. The monoisotopic (exact) mass is 418 g/mol. The Labute approximate surface area is 171 Å². The molecule has 4 rings (SSSR count). The minimum Gasteiger partial charge on any atom is -0.472 e. The van der Waals surface area contributed by atoms with Gasteiger partial charge in [-0.1, -0.05) is 11.6 Å². The number of hydrogen-bond acceptors (Lipinski definition) is 6. The molecule has 1 saturated heterocycles. The van der Waals surface area contributed by atoms with Gasteiger partial charge in [-0.2, -0.15) is 10.2 Å². The van der Waals surface area contributed by atoms with Crippen molar-refractivity contribution in [2.75, 3.05) is 18.0 Å². The largest absolute Gasteiger partial charge is 0.472 e. The molecule has 0 aromatic carbocycles. The number of halogens is 2. The summed E-state index contributed by atoms with van der Waals surface area (Å²) >= 11 is 6.09. The number of hydrogen-bond donors (Lipinski definition) is 1. The first kappa shape index (κ1) is 19.4. The van der Waals surface area contributed by atoms with Crippen LogP contribution in [0, 0.1) is 19.7 Å². The average molecular weight is 419 g/mol. The molecule has 1 N–H and O–H groups in total. The number of aromatic amines is 1. The van der Waals surface area contributed by atoms with E-state index in [1.54, 1.807) is 10.7 Å². The number of nitrogens with one attached hydrogen (secondary N) is 1. The van der Waals surface area contributed by atoms with Crippen molar-refractivity contribution in [1.82, 2.24) is 25.0 Å². The fraction of sp³-hybridized carbons (Fsp3) is 0.368. The van der Waals surface area contributed by atoms with Crippen LogP contribution in [0.1, 0.15) is 17.8 Å². The maximum Gasteiger partial charge on any atom is 0.285 e. The Kier molecular flexibility index (Phi) is 4.99. The van der Waals surface area contributed by atoms with Gasteiger partial charge in [0.05, 0.1) is 30.3 Å². The summed E-state index contributed by atoms with van der Waals surface area (Å²) in [5.74, 6) is -0.0861. The van der Waals surface area contributed by atoms with Crippen molar-refractivity contribution < 1.29 is 9.13 Å². The summed E-state index contributed by atoms with van der Waals surface area (Å²) in [5, 5.41) is 10.6. The molecule has 1 aliphatic rings. The van der Waals surface area contributed by atoms with Crippen LogP contribution in [0.4, 0.5) is 10.1 Å². The minimum atomic E-state index is -0.430. The first-order valence-electron chi connectivity index (χ1n) is 9.16. The molecule has 10 heteroatoms. The van der Waals surface area contributed by atoms with Gasteiger partial charge >= 0.3 is 0 Å². The lowest BCUT2D eigenvalue weighted by atomic mass is 10.0. The van der Waals surface area contributed by atoms with E-state index < -0.39 is 11.4 Å². The third-order valence-electron chi connectivity index (χ3n) is 5.16. The van der Waals surface area contributed by atoms with E-state index >= 15 is 0 Å². The number of pyridine rings is 1. The second-order valence-corrected chi connectivity index (χ2v) is 7.42. The summed E-state index contributed by atoms with van der Waals surface area (Å²) < 4.78 is 22.2. The molecule has 0 aliphatic carbocycles. The number of anilines is 1. The lowest BCUT2D eigenvalue weighted by Crippen LogP contribution is -2.26. The van der Waals surface area contributed by atoms with Crippen LogP contribution in [0.3, 0.4) is 0 Å². The lowest BCUT2D eigenvalue weighted by molar-refractivity contribution is 0.215. The van der Waals surface area contributed by atoms with E-state index in [1.165, 1.54) is 12.4 Å². The van der Waals surface area contributed by atoms with Crippen LogP contribution in [0.15, 0.2) is 23.3 Å². The molecular formula is C19H20ClFN6O2. The van der Waals surface area contributed by atoms with Crippen molar-refractivity contribution in [3.05, 3.63) is 51.0 Å². The van der Waals surface area contributed by atoms with Crippen molar-refractivity contribution in [2.24, 2.45) is 7.05 Å². The zero-order valence-electron chi connectivity index (χ0n) is 16.2. The van der Waals surface area contributed by atoms with Crippen molar-refractivity contribution in [2.45, 2.75) is 26.4 Å². The van der Waals surface area contributed by atoms with Crippen molar-refractivity contribution in [3.63, 3.8) is 0 Å². The SMILES string of the molecule is Cc1nn(C)c(C)c1-c1cc(O[C@@H]2CCN(c3cn[nH]c(=O)c3Cl)C2)ncc1F. The molecule has 0 bridgehead atoms. The zero-order chi connectivity index (χ0) is 20.7. The minimum absolute atomic E-state index is 0.102. The lowest BCUT2D eigenvalue weighted by Gasteiger charge is -2.19. The van der Waals surface area contributed by atoms with E-state index in [-0.39, 0.29) is 11.1 Å². The van der Waals surface area contributed by atoms with Crippen molar-refractivity contribution in [1.29, 1.82) is 0 Å². The molecule has 3 aromatic heterocycles.